The molecule has 1 atom stereocenters. The van der Waals surface area contributed by atoms with E-state index < -0.39 is 0 Å². The number of aliphatic imine (C=N–C) groups is 1. The summed E-state index contributed by atoms with van der Waals surface area (Å²) in [6.45, 7) is 5.36. The number of guanidine groups is 1. The summed E-state index contributed by atoms with van der Waals surface area (Å²) in [5.74, 6) is 0.697. The quantitative estimate of drug-likeness (QED) is 0.685. The molecule has 0 aromatic rings. The standard InChI is InChI=1S/C11H23N3/c1-4-5-6-7-8-11(2)9-13-10(12)14(11)3/h4-9H2,1-3H3,(H2,12,13). The van der Waals surface area contributed by atoms with Crippen LogP contribution in [0.1, 0.15) is 46.0 Å². The number of nitrogens with zero attached hydrogens (tertiary/aromatic N) is 2. The van der Waals surface area contributed by atoms with E-state index in [9.17, 15) is 0 Å². The van der Waals surface area contributed by atoms with Gasteiger partial charge in [0.15, 0.2) is 5.96 Å². The van der Waals surface area contributed by atoms with Crippen LogP contribution in [0.25, 0.3) is 0 Å². The summed E-state index contributed by atoms with van der Waals surface area (Å²) in [4.78, 5) is 6.41. The van der Waals surface area contributed by atoms with Gasteiger partial charge in [0.05, 0.1) is 12.1 Å². The minimum absolute atomic E-state index is 0.178. The largest absolute Gasteiger partial charge is 0.370 e. The van der Waals surface area contributed by atoms with Crippen LogP contribution < -0.4 is 5.73 Å². The molecule has 0 amide bonds. The van der Waals surface area contributed by atoms with Crippen molar-refractivity contribution in [2.75, 3.05) is 13.6 Å². The van der Waals surface area contributed by atoms with Gasteiger partial charge in [0.1, 0.15) is 0 Å². The first kappa shape index (κ1) is 11.3. The Hall–Kier alpha value is -0.730. The van der Waals surface area contributed by atoms with Gasteiger partial charge in [-0.2, -0.15) is 0 Å². The average molecular weight is 197 g/mol. The minimum atomic E-state index is 0.178. The molecule has 0 aromatic heterocycles. The fourth-order valence-electron chi connectivity index (χ4n) is 1.92. The summed E-state index contributed by atoms with van der Waals surface area (Å²) in [6.07, 6.45) is 6.46. The predicted octanol–water partition coefficient (Wildman–Crippen LogP) is 1.98. The van der Waals surface area contributed by atoms with Crippen LogP contribution >= 0.6 is 0 Å². The molecule has 3 heteroatoms. The third kappa shape index (κ3) is 2.40. The van der Waals surface area contributed by atoms with Crippen molar-refractivity contribution in [3.05, 3.63) is 0 Å². The Balaban J connectivity index is 2.30. The normalized spacial score (nSPS) is 26.8. The Morgan fingerprint density at radius 1 is 1.43 bits per heavy atom. The SMILES string of the molecule is CCCCCCC1(C)CN=C(N)N1C. The van der Waals surface area contributed by atoms with Gasteiger partial charge < -0.3 is 10.6 Å². The first-order chi connectivity index (χ1) is 6.60. The highest BCUT2D eigenvalue weighted by molar-refractivity contribution is 5.80. The zero-order valence-corrected chi connectivity index (χ0v) is 9.71. The second-order valence-corrected chi connectivity index (χ2v) is 4.54. The van der Waals surface area contributed by atoms with E-state index in [-0.39, 0.29) is 5.54 Å². The monoisotopic (exact) mass is 197 g/mol. The van der Waals surface area contributed by atoms with Gasteiger partial charge in [-0.1, -0.05) is 32.6 Å². The first-order valence-corrected chi connectivity index (χ1v) is 5.64. The summed E-state index contributed by atoms with van der Waals surface area (Å²) >= 11 is 0. The molecule has 0 aromatic carbocycles. The smallest absolute Gasteiger partial charge is 0.191 e. The second kappa shape index (κ2) is 4.67. The zero-order chi connectivity index (χ0) is 10.6. The molecule has 1 aliphatic rings. The number of nitrogens with two attached hydrogens (primary N) is 1. The van der Waals surface area contributed by atoms with Crippen LogP contribution in [0.2, 0.25) is 0 Å². The lowest BCUT2D eigenvalue weighted by Crippen LogP contribution is -2.46. The highest BCUT2D eigenvalue weighted by Crippen LogP contribution is 2.25. The van der Waals surface area contributed by atoms with Crippen LogP contribution in [0.4, 0.5) is 0 Å². The van der Waals surface area contributed by atoms with Crippen molar-refractivity contribution >= 4 is 5.96 Å². The molecule has 0 radical (unpaired) electrons. The van der Waals surface area contributed by atoms with Crippen molar-refractivity contribution in [2.45, 2.75) is 51.5 Å². The summed E-state index contributed by atoms with van der Waals surface area (Å²) in [6, 6.07) is 0. The Labute approximate surface area is 87.4 Å². The predicted molar refractivity (Wildman–Crippen MR) is 61.4 cm³/mol. The molecule has 0 saturated heterocycles. The Kier molecular flexibility index (Phi) is 3.78. The van der Waals surface area contributed by atoms with E-state index in [0.29, 0.717) is 5.96 Å². The van der Waals surface area contributed by atoms with Crippen LogP contribution in [0.3, 0.4) is 0 Å². The van der Waals surface area contributed by atoms with Crippen LogP contribution in [0.5, 0.6) is 0 Å². The van der Waals surface area contributed by atoms with Crippen LogP contribution in [-0.2, 0) is 0 Å². The summed E-state index contributed by atoms with van der Waals surface area (Å²) < 4.78 is 0. The van der Waals surface area contributed by atoms with Crippen molar-refractivity contribution in [1.82, 2.24) is 4.90 Å². The molecule has 14 heavy (non-hydrogen) atoms. The van der Waals surface area contributed by atoms with Gasteiger partial charge in [0, 0.05) is 7.05 Å². The minimum Gasteiger partial charge on any atom is -0.370 e. The molecule has 0 spiro atoms. The fraction of sp³-hybridized carbons (Fsp3) is 0.909. The van der Waals surface area contributed by atoms with Crippen LogP contribution in [0.15, 0.2) is 4.99 Å². The third-order valence-corrected chi connectivity index (χ3v) is 3.30. The van der Waals surface area contributed by atoms with E-state index in [2.05, 4.69) is 23.7 Å². The summed E-state index contributed by atoms with van der Waals surface area (Å²) in [5, 5.41) is 0. The Bertz CT molecular complexity index is 213. The molecule has 0 saturated carbocycles. The lowest BCUT2D eigenvalue weighted by atomic mass is 9.94. The van der Waals surface area contributed by atoms with E-state index in [0.717, 1.165) is 6.54 Å². The van der Waals surface area contributed by atoms with Crippen LogP contribution in [0, 0.1) is 0 Å². The number of hydrogen-bond acceptors (Lipinski definition) is 3. The van der Waals surface area contributed by atoms with Crippen LogP contribution in [-0.4, -0.2) is 30.0 Å². The molecule has 0 bridgehead atoms. The van der Waals surface area contributed by atoms with E-state index in [1.807, 2.05) is 7.05 Å². The highest BCUT2D eigenvalue weighted by Gasteiger charge is 2.34. The molecule has 1 heterocycles. The first-order valence-electron chi connectivity index (χ1n) is 5.64. The maximum Gasteiger partial charge on any atom is 0.191 e. The van der Waals surface area contributed by atoms with Gasteiger partial charge in [0.2, 0.25) is 0 Å². The molecule has 1 rings (SSSR count). The van der Waals surface area contributed by atoms with Crippen molar-refractivity contribution in [1.29, 1.82) is 0 Å². The lowest BCUT2D eigenvalue weighted by Gasteiger charge is -2.33. The lowest BCUT2D eigenvalue weighted by molar-refractivity contribution is 0.236. The fourth-order valence-corrected chi connectivity index (χ4v) is 1.92. The van der Waals surface area contributed by atoms with Gasteiger partial charge in [-0.25, -0.2) is 0 Å². The number of hydrogen-bond donors (Lipinski definition) is 1. The zero-order valence-electron chi connectivity index (χ0n) is 9.71. The van der Waals surface area contributed by atoms with Crippen molar-refractivity contribution in [3.8, 4) is 0 Å². The van der Waals surface area contributed by atoms with Crippen molar-refractivity contribution < 1.29 is 0 Å². The maximum atomic E-state index is 5.76. The van der Waals surface area contributed by atoms with Gasteiger partial charge in [0.25, 0.3) is 0 Å². The van der Waals surface area contributed by atoms with Gasteiger partial charge >= 0.3 is 0 Å². The third-order valence-electron chi connectivity index (χ3n) is 3.30. The average Bonchev–Trinajstić information content (AvgIpc) is 2.42. The molecule has 3 nitrogen and oxygen atoms in total. The van der Waals surface area contributed by atoms with Gasteiger partial charge in [-0.15, -0.1) is 0 Å². The molecular weight excluding hydrogens is 174 g/mol. The van der Waals surface area contributed by atoms with Gasteiger partial charge in [-0.05, 0) is 13.3 Å². The van der Waals surface area contributed by atoms with E-state index in [1.54, 1.807) is 0 Å². The number of rotatable bonds is 5. The van der Waals surface area contributed by atoms with E-state index in [4.69, 9.17) is 5.73 Å². The second-order valence-electron chi connectivity index (χ2n) is 4.54. The van der Waals surface area contributed by atoms with Crippen molar-refractivity contribution in [3.63, 3.8) is 0 Å². The molecular formula is C11H23N3. The Morgan fingerprint density at radius 2 is 2.14 bits per heavy atom. The topological polar surface area (TPSA) is 41.6 Å². The number of unbranched alkanes of at least 4 members (excludes halogenated alkanes) is 3. The highest BCUT2D eigenvalue weighted by atomic mass is 15.3. The Morgan fingerprint density at radius 3 is 2.64 bits per heavy atom. The molecule has 1 unspecified atom stereocenters. The summed E-state index contributed by atoms with van der Waals surface area (Å²) in [7, 11) is 2.05. The molecule has 0 fully saturated rings. The summed E-state index contributed by atoms with van der Waals surface area (Å²) in [5.41, 5.74) is 5.94. The van der Waals surface area contributed by atoms with Gasteiger partial charge in [-0.3, -0.25) is 4.99 Å². The maximum absolute atomic E-state index is 5.76. The molecule has 1 aliphatic heterocycles. The molecule has 2 N–H and O–H groups in total. The molecule has 82 valence electrons. The van der Waals surface area contributed by atoms with Crippen molar-refractivity contribution in [2.24, 2.45) is 10.7 Å². The van der Waals surface area contributed by atoms with E-state index in [1.165, 1.54) is 32.1 Å². The molecule has 0 aliphatic carbocycles. The number of likely N-dealkylation sites (N-methyl/N-ethyl adjacent to an activating group) is 1. The van der Waals surface area contributed by atoms with E-state index >= 15 is 0 Å².